The van der Waals surface area contributed by atoms with Crippen molar-refractivity contribution >= 4 is 31.9 Å². The molecule has 0 fully saturated rings. The SMILES string of the molecule is COC(=O)[C@H](NS(=O)(=O)c1ccc(Br)cc1)c1cccc(OCc2ccccc2)c1. The number of methoxy groups -OCH3 is 1. The normalized spacial score (nSPS) is 12.2. The molecule has 0 heterocycles. The highest BCUT2D eigenvalue weighted by Crippen LogP contribution is 2.24. The predicted octanol–water partition coefficient (Wildman–Crippen LogP) is 4.22. The van der Waals surface area contributed by atoms with Crippen LogP contribution in [0.5, 0.6) is 5.75 Å². The van der Waals surface area contributed by atoms with Crippen LogP contribution in [0.1, 0.15) is 17.2 Å². The highest BCUT2D eigenvalue weighted by Gasteiger charge is 2.28. The molecule has 1 atom stereocenters. The van der Waals surface area contributed by atoms with Gasteiger partial charge in [-0.2, -0.15) is 4.72 Å². The first-order chi connectivity index (χ1) is 14.4. The van der Waals surface area contributed by atoms with Crippen molar-refractivity contribution in [1.82, 2.24) is 4.72 Å². The van der Waals surface area contributed by atoms with E-state index >= 15 is 0 Å². The van der Waals surface area contributed by atoms with Gasteiger partial charge in [-0.25, -0.2) is 13.2 Å². The molecule has 0 aliphatic rings. The molecule has 0 aromatic heterocycles. The van der Waals surface area contributed by atoms with Gasteiger partial charge in [0.25, 0.3) is 0 Å². The molecule has 3 aromatic carbocycles. The number of esters is 1. The van der Waals surface area contributed by atoms with E-state index in [0.717, 1.165) is 10.0 Å². The van der Waals surface area contributed by atoms with Gasteiger partial charge in [0, 0.05) is 4.47 Å². The van der Waals surface area contributed by atoms with Gasteiger partial charge < -0.3 is 9.47 Å². The van der Waals surface area contributed by atoms with Gasteiger partial charge in [-0.3, -0.25) is 0 Å². The zero-order chi connectivity index (χ0) is 21.6. The largest absolute Gasteiger partial charge is 0.489 e. The predicted molar refractivity (Wildman–Crippen MR) is 116 cm³/mol. The topological polar surface area (TPSA) is 81.7 Å². The molecule has 3 rings (SSSR count). The van der Waals surface area contributed by atoms with E-state index in [0.29, 0.717) is 17.9 Å². The summed E-state index contributed by atoms with van der Waals surface area (Å²) in [5.74, 6) is -0.219. The molecule has 0 saturated heterocycles. The van der Waals surface area contributed by atoms with E-state index < -0.39 is 22.0 Å². The van der Waals surface area contributed by atoms with Gasteiger partial charge in [0.1, 0.15) is 18.4 Å². The molecule has 8 heteroatoms. The number of benzene rings is 3. The minimum atomic E-state index is -3.96. The van der Waals surface area contributed by atoms with Crippen LogP contribution >= 0.6 is 15.9 Å². The number of ether oxygens (including phenoxy) is 2. The fourth-order valence-corrected chi connectivity index (χ4v) is 4.17. The van der Waals surface area contributed by atoms with E-state index in [9.17, 15) is 13.2 Å². The Bertz CT molecular complexity index is 1100. The molecule has 0 radical (unpaired) electrons. The smallest absolute Gasteiger partial charge is 0.328 e. The lowest BCUT2D eigenvalue weighted by molar-refractivity contribution is -0.142. The summed E-state index contributed by atoms with van der Waals surface area (Å²) < 4.78 is 39.3. The third-order valence-corrected chi connectivity index (χ3v) is 6.24. The van der Waals surface area contributed by atoms with E-state index in [-0.39, 0.29) is 4.90 Å². The van der Waals surface area contributed by atoms with Crippen LogP contribution in [0.4, 0.5) is 0 Å². The van der Waals surface area contributed by atoms with E-state index in [2.05, 4.69) is 20.7 Å². The molecular formula is C22H20BrNO5S. The quantitative estimate of drug-likeness (QED) is 0.479. The van der Waals surface area contributed by atoms with Crippen LogP contribution in [-0.2, 0) is 26.2 Å². The van der Waals surface area contributed by atoms with Crippen molar-refractivity contribution in [2.45, 2.75) is 17.5 Å². The maximum absolute atomic E-state index is 12.8. The van der Waals surface area contributed by atoms with Crippen molar-refractivity contribution in [3.8, 4) is 5.75 Å². The summed E-state index contributed by atoms with van der Waals surface area (Å²) in [7, 11) is -2.75. The van der Waals surface area contributed by atoms with Crippen molar-refractivity contribution in [3.05, 3.63) is 94.5 Å². The van der Waals surface area contributed by atoms with Gasteiger partial charge in [0.2, 0.25) is 10.0 Å². The molecule has 0 saturated carbocycles. The molecule has 0 bridgehead atoms. The molecule has 0 aliphatic carbocycles. The number of hydrogen-bond donors (Lipinski definition) is 1. The maximum Gasteiger partial charge on any atom is 0.328 e. The molecule has 0 aliphatic heterocycles. The van der Waals surface area contributed by atoms with Crippen LogP contribution in [0.15, 0.2) is 88.2 Å². The summed E-state index contributed by atoms with van der Waals surface area (Å²) in [6, 6.07) is 21.2. The maximum atomic E-state index is 12.8. The van der Waals surface area contributed by atoms with Crippen molar-refractivity contribution < 1.29 is 22.7 Å². The van der Waals surface area contributed by atoms with Gasteiger partial charge in [-0.15, -0.1) is 0 Å². The number of hydrogen-bond acceptors (Lipinski definition) is 5. The second-order valence-corrected chi connectivity index (χ2v) is 9.01. The zero-order valence-electron chi connectivity index (χ0n) is 16.1. The number of nitrogens with one attached hydrogen (secondary N) is 1. The Kier molecular flexibility index (Phi) is 7.25. The molecule has 0 amide bonds. The van der Waals surface area contributed by atoms with Gasteiger partial charge in [0.05, 0.1) is 12.0 Å². The lowest BCUT2D eigenvalue weighted by Crippen LogP contribution is -2.34. The highest BCUT2D eigenvalue weighted by molar-refractivity contribution is 9.10. The first kappa shape index (κ1) is 22.0. The molecule has 0 spiro atoms. The summed E-state index contributed by atoms with van der Waals surface area (Å²) in [4.78, 5) is 12.4. The Morgan fingerprint density at radius 1 is 1.00 bits per heavy atom. The molecule has 3 aromatic rings. The molecule has 0 unspecified atom stereocenters. The molecule has 156 valence electrons. The summed E-state index contributed by atoms with van der Waals surface area (Å²) >= 11 is 3.27. The van der Waals surface area contributed by atoms with Crippen molar-refractivity contribution in [3.63, 3.8) is 0 Å². The number of rotatable bonds is 8. The van der Waals surface area contributed by atoms with Crippen LogP contribution < -0.4 is 9.46 Å². The van der Waals surface area contributed by atoms with Gasteiger partial charge >= 0.3 is 5.97 Å². The second kappa shape index (κ2) is 9.88. The molecule has 30 heavy (non-hydrogen) atoms. The van der Waals surface area contributed by atoms with Crippen molar-refractivity contribution in [2.24, 2.45) is 0 Å². The average molecular weight is 490 g/mol. The summed E-state index contributed by atoms with van der Waals surface area (Å²) in [6.45, 7) is 0.345. The lowest BCUT2D eigenvalue weighted by atomic mass is 10.1. The van der Waals surface area contributed by atoms with E-state index in [1.807, 2.05) is 30.3 Å². The van der Waals surface area contributed by atoms with Crippen LogP contribution in [0.2, 0.25) is 0 Å². The number of halogens is 1. The zero-order valence-corrected chi connectivity index (χ0v) is 18.5. The third kappa shape index (κ3) is 5.69. The van der Waals surface area contributed by atoms with Gasteiger partial charge in [-0.1, -0.05) is 58.4 Å². The fourth-order valence-electron chi connectivity index (χ4n) is 2.73. The monoisotopic (exact) mass is 489 g/mol. The lowest BCUT2D eigenvalue weighted by Gasteiger charge is -2.18. The standard InChI is InChI=1S/C22H20BrNO5S/c1-28-22(25)21(24-30(26,27)20-12-10-18(23)11-13-20)17-8-5-9-19(14-17)29-15-16-6-3-2-4-7-16/h2-14,21,24H,15H2,1H3/t21-/m1/s1. The van der Waals surface area contributed by atoms with E-state index in [1.54, 1.807) is 36.4 Å². The van der Waals surface area contributed by atoms with Gasteiger partial charge in [-0.05, 0) is 47.5 Å². The van der Waals surface area contributed by atoms with Crippen LogP contribution in [0.3, 0.4) is 0 Å². The minimum Gasteiger partial charge on any atom is -0.489 e. The molecule has 1 N–H and O–H groups in total. The Balaban J connectivity index is 1.83. The summed E-state index contributed by atoms with van der Waals surface area (Å²) in [6.07, 6.45) is 0. The first-order valence-corrected chi connectivity index (χ1v) is 11.3. The molecule has 6 nitrogen and oxygen atoms in total. The number of sulfonamides is 1. The highest BCUT2D eigenvalue weighted by atomic mass is 79.9. The van der Waals surface area contributed by atoms with E-state index in [4.69, 9.17) is 9.47 Å². The second-order valence-electron chi connectivity index (χ2n) is 6.38. The Morgan fingerprint density at radius 2 is 1.70 bits per heavy atom. The summed E-state index contributed by atoms with van der Waals surface area (Å²) in [5.41, 5.74) is 1.40. The number of carbonyl (C=O) groups is 1. The summed E-state index contributed by atoms with van der Waals surface area (Å²) in [5, 5.41) is 0. The van der Waals surface area contributed by atoms with Crippen molar-refractivity contribution in [1.29, 1.82) is 0 Å². The van der Waals surface area contributed by atoms with Crippen LogP contribution in [-0.4, -0.2) is 21.5 Å². The van der Waals surface area contributed by atoms with Crippen LogP contribution in [0.25, 0.3) is 0 Å². The minimum absolute atomic E-state index is 0.0380. The molecular weight excluding hydrogens is 470 g/mol. The van der Waals surface area contributed by atoms with Gasteiger partial charge in [0.15, 0.2) is 0 Å². The number of carbonyl (C=O) groups excluding carboxylic acids is 1. The fraction of sp³-hybridized carbons (Fsp3) is 0.136. The van der Waals surface area contributed by atoms with Crippen molar-refractivity contribution in [2.75, 3.05) is 7.11 Å². The first-order valence-electron chi connectivity index (χ1n) is 9.01. The Hall–Kier alpha value is -2.68. The third-order valence-electron chi connectivity index (χ3n) is 4.27. The Labute approximate surface area is 184 Å². The average Bonchev–Trinajstić information content (AvgIpc) is 2.77. The van der Waals surface area contributed by atoms with E-state index in [1.165, 1.54) is 19.2 Å². The Morgan fingerprint density at radius 3 is 2.37 bits per heavy atom. The van der Waals surface area contributed by atoms with Crippen LogP contribution in [0, 0.1) is 0 Å².